The molecule has 0 atom stereocenters. The molecule has 0 aliphatic carbocycles. The second-order valence-corrected chi connectivity index (χ2v) is 4.37. The Morgan fingerprint density at radius 3 is 2.65 bits per heavy atom. The van der Waals surface area contributed by atoms with Crippen LogP contribution in [0.15, 0.2) is 16.6 Å². The van der Waals surface area contributed by atoms with Crippen molar-refractivity contribution >= 4 is 21.7 Å². The molecule has 0 radical (unpaired) electrons. The zero-order chi connectivity index (χ0) is 12.4. The molecule has 1 fully saturated rings. The molecule has 2 rings (SSSR count). The summed E-state index contributed by atoms with van der Waals surface area (Å²) in [4.78, 5) is 11.7. The highest BCUT2D eigenvalue weighted by Gasteiger charge is 2.25. The predicted molar refractivity (Wildman–Crippen MR) is 58.7 cm³/mol. The van der Waals surface area contributed by atoms with Gasteiger partial charge in [0.1, 0.15) is 5.82 Å². The normalized spacial score (nSPS) is 16.4. The van der Waals surface area contributed by atoms with Crippen LogP contribution in [-0.2, 0) is 9.47 Å². The van der Waals surface area contributed by atoms with Crippen LogP contribution in [-0.4, -0.2) is 25.3 Å². The fraction of sp³-hybridized carbons (Fsp3) is 0.364. The van der Waals surface area contributed by atoms with Crippen LogP contribution in [0, 0.1) is 11.6 Å². The minimum Gasteiger partial charge on any atom is -0.350 e. The lowest BCUT2D eigenvalue weighted by atomic mass is 10.1. The smallest absolute Gasteiger partial charge is 0.173 e. The minimum atomic E-state index is -0.895. The quantitative estimate of drug-likeness (QED) is 0.636. The van der Waals surface area contributed by atoms with Crippen LogP contribution in [0.25, 0.3) is 0 Å². The molecule has 0 amide bonds. The molecule has 0 unspecified atom stereocenters. The number of hydrogen-bond acceptors (Lipinski definition) is 3. The first kappa shape index (κ1) is 12.6. The fourth-order valence-electron chi connectivity index (χ4n) is 1.56. The summed E-state index contributed by atoms with van der Waals surface area (Å²) in [6, 6.07) is 2.25. The number of benzene rings is 1. The van der Waals surface area contributed by atoms with E-state index in [4.69, 9.17) is 9.47 Å². The summed E-state index contributed by atoms with van der Waals surface area (Å²) in [7, 11) is 0. The van der Waals surface area contributed by atoms with Crippen molar-refractivity contribution in [1.29, 1.82) is 0 Å². The van der Waals surface area contributed by atoms with Crippen molar-refractivity contribution in [1.82, 2.24) is 0 Å². The maximum absolute atomic E-state index is 13.6. The van der Waals surface area contributed by atoms with Crippen LogP contribution in [0.5, 0.6) is 0 Å². The van der Waals surface area contributed by atoms with E-state index in [0.717, 1.165) is 6.07 Å². The number of carbonyl (C=O) groups is 1. The lowest BCUT2D eigenvalue weighted by Gasteiger charge is -2.09. The molecule has 0 aromatic heterocycles. The topological polar surface area (TPSA) is 35.5 Å². The van der Waals surface area contributed by atoms with Gasteiger partial charge in [0.15, 0.2) is 17.9 Å². The van der Waals surface area contributed by atoms with E-state index in [1.165, 1.54) is 6.07 Å². The second kappa shape index (κ2) is 5.20. The number of Topliss-reactive ketones (excluding diaryl/α,β-unsaturated/α-hetero) is 1. The number of carbonyl (C=O) groups excluding carboxylic acids is 1. The Morgan fingerprint density at radius 1 is 1.35 bits per heavy atom. The molecule has 17 heavy (non-hydrogen) atoms. The highest BCUT2D eigenvalue weighted by Crippen LogP contribution is 2.24. The molecule has 1 saturated heterocycles. The van der Waals surface area contributed by atoms with E-state index in [0.29, 0.717) is 13.2 Å². The van der Waals surface area contributed by atoms with Crippen LogP contribution < -0.4 is 0 Å². The van der Waals surface area contributed by atoms with Crippen molar-refractivity contribution in [3.63, 3.8) is 0 Å². The third-order valence-electron chi connectivity index (χ3n) is 2.37. The first-order chi connectivity index (χ1) is 8.09. The van der Waals surface area contributed by atoms with Gasteiger partial charge in [-0.1, -0.05) is 0 Å². The lowest BCUT2D eigenvalue weighted by Crippen LogP contribution is -2.16. The molecule has 1 heterocycles. The highest BCUT2D eigenvalue weighted by atomic mass is 79.9. The van der Waals surface area contributed by atoms with Gasteiger partial charge in [-0.15, -0.1) is 0 Å². The number of ether oxygens (including phenoxy) is 2. The molecule has 1 aliphatic rings. The number of rotatable bonds is 3. The van der Waals surface area contributed by atoms with E-state index in [1.54, 1.807) is 0 Å². The number of hydrogen-bond donors (Lipinski definition) is 0. The molecule has 92 valence electrons. The third kappa shape index (κ3) is 2.70. The Hall–Kier alpha value is -0.850. The van der Waals surface area contributed by atoms with Crippen molar-refractivity contribution in [2.45, 2.75) is 12.7 Å². The SMILES string of the molecule is O=C(CC1OCCO1)c1c(F)ccc(Br)c1F. The third-order valence-corrected chi connectivity index (χ3v) is 2.98. The van der Waals surface area contributed by atoms with Gasteiger partial charge in [0.25, 0.3) is 0 Å². The predicted octanol–water partition coefficient (Wildman–Crippen LogP) is 2.67. The summed E-state index contributed by atoms with van der Waals surface area (Å²) in [6.45, 7) is 0.781. The monoisotopic (exact) mass is 306 g/mol. The average molecular weight is 307 g/mol. The summed E-state index contributed by atoms with van der Waals surface area (Å²) in [5.41, 5.74) is -0.557. The molecular weight excluding hydrogens is 298 g/mol. The van der Waals surface area contributed by atoms with E-state index in [1.807, 2.05) is 0 Å². The van der Waals surface area contributed by atoms with Crippen LogP contribution >= 0.6 is 15.9 Å². The van der Waals surface area contributed by atoms with Crippen molar-refractivity contribution in [2.75, 3.05) is 13.2 Å². The number of halogens is 3. The summed E-state index contributed by atoms with van der Waals surface area (Å²) >= 11 is 2.90. The molecule has 3 nitrogen and oxygen atoms in total. The molecule has 0 N–H and O–H groups in total. The number of ketones is 1. The molecule has 0 bridgehead atoms. The van der Waals surface area contributed by atoms with E-state index in [9.17, 15) is 13.6 Å². The Bertz CT molecular complexity index is 445. The summed E-state index contributed by atoms with van der Waals surface area (Å²) in [5.74, 6) is -2.45. The molecule has 1 aromatic rings. The fourth-order valence-corrected chi connectivity index (χ4v) is 1.89. The molecule has 0 spiro atoms. The van der Waals surface area contributed by atoms with Gasteiger partial charge in [0, 0.05) is 0 Å². The van der Waals surface area contributed by atoms with Gasteiger partial charge in [0.05, 0.1) is 29.7 Å². The van der Waals surface area contributed by atoms with E-state index < -0.39 is 29.3 Å². The maximum Gasteiger partial charge on any atom is 0.173 e. The zero-order valence-electron chi connectivity index (χ0n) is 8.71. The highest BCUT2D eigenvalue weighted by molar-refractivity contribution is 9.10. The van der Waals surface area contributed by atoms with Crippen LogP contribution in [0.2, 0.25) is 0 Å². The van der Waals surface area contributed by atoms with Gasteiger partial charge in [0.2, 0.25) is 0 Å². The minimum absolute atomic E-state index is 0.0514. The molecule has 1 aromatic carbocycles. The van der Waals surface area contributed by atoms with E-state index in [2.05, 4.69) is 15.9 Å². The van der Waals surface area contributed by atoms with Crippen molar-refractivity contribution in [2.24, 2.45) is 0 Å². The van der Waals surface area contributed by atoms with E-state index in [-0.39, 0.29) is 10.9 Å². The van der Waals surface area contributed by atoms with Crippen molar-refractivity contribution in [3.05, 3.63) is 33.8 Å². The maximum atomic E-state index is 13.6. The van der Waals surface area contributed by atoms with Gasteiger partial charge in [-0.3, -0.25) is 4.79 Å². The molecule has 1 aliphatic heterocycles. The Balaban J connectivity index is 2.21. The first-order valence-corrected chi connectivity index (χ1v) is 5.79. The van der Waals surface area contributed by atoms with Gasteiger partial charge in [-0.25, -0.2) is 8.78 Å². The lowest BCUT2D eigenvalue weighted by molar-refractivity contribution is -0.0408. The van der Waals surface area contributed by atoms with Crippen molar-refractivity contribution in [3.8, 4) is 0 Å². The van der Waals surface area contributed by atoms with Gasteiger partial charge >= 0.3 is 0 Å². The zero-order valence-corrected chi connectivity index (χ0v) is 10.3. The standard InChI is InChI=1S/C11H9BrF2O3/c12-6-1-2-7(13)10(11(6)14)8(15)5-9-16-3-4-17-9/h1-2,9H,3-5H2. The Morgan fingerprint density at radius 2 is 2.00 bits per heavy atom. The van der Waals surface area contributed by atoms with E-state index >= 15 is 0 Å². The van der Waals surface area contributed by atoms with Gasteiger partial charge < -0.3 is 9.47 Å². The van der Waals surface area contributed by atoms with Crippen molar-refractivity contribution < 1.29 is 23.0 Å². The van der Waals surface area contributed by atoms with Crippen LogP contribution in [0.4, 0.5) is 8.78 Å². The van der Waals surface area contributed by atoms with Gasteiger partial charge in [-0.2, -0.15) is 0 Å². The van der Waals surface area contributed by atoms with Gasteiger partial charge in [-0.05, 0) is 28.1 Å². The summed E-state index contributed by atoms with van der Waals surface area (Å²) < 4.78 is 37.2. The molecular formula is C11H9BrF2O3. The molecule has 0 saturated carbocycles. The second-order valence-electron chi connectivity index (χ2n) is 3.52. The van der Waals surface area contributed by atoms with Crippen LogP contribution in [0.3, 0.4) is 0 Å². The van der Waals surface area contributed by atoms with Crippen LogP contribution in [0.1, 0.15) is 16.8 Å². The largest absolute Gasteiger partial charge is 0.350 e. The first-order valence-electron chi connectivity index (χ1n) is 4.99. The summed E-state index contributed by atoms with van der Waals surface area (Å²) in [6.07, 6.45) is -0.898. The molecule has 6 heteroatoms. The Kier molecular flexibility index (Phi) is 3.86. The Labute approximate surface area is 105 Å². The summed E-state index contributed by atoms with van der Waals surface area (Å²) in [5, 5.41) is 0. The average Bonchev–Trinajstić information content (AvgIpc) is 2.77.